The molecule has 0 rings (SSSR count). The van der Waals surface area contributed by atoms with Crippen LogP contribution in [0, 0.1) is 0 Å². The predicted molar refractivity (Wildman–Crippen MR) is 63.2 cm³/mol. The Hall–Kier alpha value is -0.433. The first-order chi connectivity index (χ1) is 7.42. The number of carboxylic acids is 1. The van der Waals surface area contributed by atoms with Crippen molar-refractivity contribution in [2.75, 3.05) is 33.0 Å². The average Bonchev–Trinajstić information content (AvgIpc) is 2.13. The minimum atomic E-state index is -1.43. The fourth-order valence-corrected chi connectivity index (χ4v) is 1.58. The number of aliphatic carboxylic acids is 1. The van der Waals surface area contributed by atoms with Crippen LogP contribution in [-0.2, 0) is 18.7 Å². The van der Waals surface area contributed by atoms with Crippen molar-refractivity contribution in [2.24, 2.45) is 0 Å². The van der Waals surface area contributed by atoms with Crippen LogP contribution in [0.5, 0.6) is 0 Å². The van der Waals surface area contributed by atoms with Gasteiger partial charge in [0.05, 0.1) is 39.5 Å². The lowest BCUT2D eigenvalue weighted by Crippen LogP contribution is -2.27. The average molecular weight is 250 g/mol. The van der Waals surface area contributed by atoms with Gasteiger partial charge in [0, 0.05) is 0 Å². The molecule has 0 radical (unpaired) electrons. The summed E-state index contributed by atoms with van der Waals surface area (Å²) in [6, 6.07) is 0. The summed E-state index contributed by atoms with van der Waals surface area (Å²) in [5, 5.41) is 8.34. The lowest BCUT2D eigenvalue weighted by molar-refractivity contribution is -0.138. The third-order valence-corrected chi connectivity index (χ3v) is 2.67. The summed E-state index contributed by atoms with van der Waals surface area (Å²) >= 11 is 0. The van der Waals surface area contributed by atoms with Crippen LogP contribution < -0.4 is 0 Å². The van der Waals surface area contributed by atoms with Crippen molar-refractivity contribution < 1.29 is 23.8 Å². The highest BCUT2D eigenvalue weighted by molar-refractivity contribution is 6.69. The number of hydrogen-bond acceptors (Lipinski definition) is 4. The van der Waals surface area contributed by atoms with E-state index in [9.17, 15) is 4.79 Å². The summed E-state index contributed by atoms with van der Waals surface area (Å²) in [7, 11) is -1.43. The maximum atomic E-state index is 10.1. The van der Waals surface area contributed by atoms with E-state index in [1.807, 2.05) is 0 Å². The van der Waals surface area contributed by atoms with Crippen molar-refractivity contribution in [2.45, 2.75) is 26.1 Å². The molecule has 0 amide bonds. The molecule has 0 aromatic heterocycles. The van der Waals surface area contributed by atoms with Crippen LogP contribution in [0.4, 0.5) is 0 Å². The molecular formula is C10H22O5Si. The number of hydrogen-bond donors (Lipinski definition) is 1. The molecule has 0 aromatic rings. The molecule has 0 aliphatic carbocycles. The van der Waals surface area contributed by atoms with Crippen LogP contribution in [0.3, 0.4) is 0 Å². The first-order valence-corrected chi connectivity index (χ1v) is 8.84. The molecule has 0 fully saturated rings. The van der Waals surface area contributed by atoms with Gasteiger partial charge in [0.2, 0.25) is 0 Å². The number of carbonyl (C=O) groups is 1. The van der Waals surface area contributed by atoms with Gasteiger partial charge in [-0.15, -0.1) is 0 Å². The van der Waals surface area contributed by atoms with E-state index < -0.39 is 14.3 Å². The fourth-order valence-electron chi connectivity index (χ4n) is 0.888. The van der Waals surface area contributed by atoms with E-state index in [1.165, 1.54) is 0 Å². The van der Waals surface area contributed by atoms with Gasteiger partial charge in [-0.3, -0.25) is 4.79 Å². The van der Waals surface area contributed by atoms with E-state index >= 15 is 0 Å². The normalized spacial score (nSPS) is 11.7. The Morgan fingerprint density at radius 3 is 2.00 bits per heavy atom. The highest BCUT2D eigenvalue weighted by atomic mass is 28.4. The second-order valence-electron chi connectivity index (χ2n) is 4.33. The number of rotatable bonds is 10. The molecule has 0 saturated heterocycles. The first kappa shape index (κ1) is 15.6. The molecule has 0 spiro atoms. The number of ether oxygens (including phenoxy) is 2. The SMILES string of the molecule is C[Si](C)(C)OCCOCCOCCC(=O)O. The van der Waals surface area contributed by atoms with Gasteiger partial charge in [0.25, 0.3) is 0 Å². The minimum absolute atomic E-state index is 0.0404. The molecule has 0 aliphatic heterocycles. The quantitative estimate of drug-likeness (QED) is 0.468. The van der Waals surface area contributed by atoms with E-state index in [0.29, 0.717) is 26.4 Å². The fraction of sp³-hybridized carbons (Fsp3) is 0.900. The largest absolute Gasteiger partial charge is 0.481 e. The third-order valence-electron chi connectivity index (χ3n) is 1.60. The Bertz CT molecular complexity index is 190. The topological polar surface area (TPSA) is 65.0 Å². The Kier molecular flexibility index (Phi) is 8.45. The van der Waals surface area contributed by atoms with Gasteiger partial charge in [-0.25, -0.2) is 0 Å². The molecule has 0 saturated carbocycles. The van der Waals surface area contributed by atoms with Crippen molar-refractivity contribution in [3.8, 4) is 0 Å². The summed E-state index contributed by atoms with van der Waals surface area (Å²) in [5.41, 5.74) is 0. The van der Waals surface area contributed by atoms with E-state index in [4.69, 9.17) is 19.0 Å². The highest BCUT2D eigenvalue weighted by Gasteiger charge is 2.12. The lowest BCUT2D eigenvalue weighted by Gasteiger charge is -2.16. The predicted octanol–water partition coefficient (Wildman–Crippen LogP) is 1.35. The monoisotopic (exact) mass is 250 g/mol. The summed E-state index contributed by atoms with van der Waals surface area (Å²) in [5.74, 6) is -0.843. The zero-order valence-corrected chi connectivity index (χ0v) is 11.3. The molecule has 0 bridgehead atoms. The van der Waals surface area contributed by atoms with Crippen molar-refractivity contribution in [1.82, 2.24) is 0 Å². The van der Waals surface area contributed by atoms with Crippen LogP contribution in [0.1, 0.15) is 6.42 Å². The van der Waals surface area contributed by atoms with Gasteiger partial charge in [-0.05, 0) is 19.6 Å². The van der Waals surface area contributed by atoms with Crippen molar-refractivity contribution >= 4 is 14.3 Å². The van der Waals surface area contributed by atoms with Crippen LogP contribution in [0.15, 0.2) is 0 Å². The van der Waals surface area contributed by atoms with Gasteiger partial charge in [0.15, 0.2) is 8.32 Å². The van der Waals surface area contributed by atoms with Gasteiger partial charge >= 0.3 is 5.97 Å². The Balaban J connectivity index is 3.07. The Morgan fingerprint density at radius 2 is 1.50 bits per heavy atom. The van der Waals surface area contributed by atoms with Gasteiger partial charge in [0.1, 0.15) is 0 Å². The molecular weight excluding hydrogens is 228 g/mol. The summed E-state index contributed by atoms with van der Waals surface area (Å²) in [6.45, 7) is 8.71. The maximum Gasteiger partial charge on any atom is 0.305 e. The molecule has 0 aromatic carbocycles. The van der Waals surface area contributed by atoms with Gasteiger partial charge < -0.3 is 19.0 Å². The summed E-state index contributed by atoms with van der Waals surface area (Å²) in [4.78, 5) is 10.1. The van der Waals surface area contributed by atoms with E-state index in [1.54, 1.807) is 0 Å². The smallest absolute Gasteiger partial charge is 0.305 e. The molecule has 16 heavy (non-hydrogen) atoms. The first-order valence-electron chi connectivity index (χ1n) is 5.43. The molecule has 0 unspecified atom stereocenters. The van der Waals surface area contributed by atoms with Crippen molar-refractivity contribution in [3.05, 3.63) is 0 Å². The van der Waals surface area contributed by atoms with E-state index in [2.05, 4.69) is 19.6 Å². The third kappa shape index (κ3) is 13.6. The van der Waals surface area contributed by atoms with Crippen molar-refractivity contribution in [1.29, 1.82) is 0 Å². The van der Waals surface area contributed by atoms with Crippen LogP contribution in [0.2, 0.25) is 19.6 Å². The summed E-state index contributed by atoms with van der Waals surface area (Å²) in [6.07, 6.45) is 0.0404. The van der Waals surface area contributed by atoms with Crippen molar-refractivity contribution in [3.63, 3.8) is 0 Å². The summed E-state index contributed by atoms with van der Waals surface area (Å²) < 4.78 is 15.9. The van der Waals surface area contributed by atoms with Gasteiger partial charge in [-0.2, -0.15) is 0 Å². The highest BCUT2D eigenvalue weighted by Crippen LogP contribution is 2.01. The molecule has 5 nitrogen and oxygen atoms in total. The molecule has 0 aliphatic rings. The molecule has 6 heteroatoms. The van der Waals surface area contributed by atoms with E-state index in [-0.39, 0.29) is 13.0 Å². The van der Waals surface area contributed by atoms with E-state index in [0.717, 1.165) is 0 Å². The van der Waals surface area contributed by atoms with Crippen LogP contribution >= 0.6 is 0 Å². The molecule has 1 N–H and O–H groups in total. The zero-order valence-electron chi connectivity index (χ0n) is 10.3. The second kappa shape index (κ2) is 8.69. The Morgan fingerprint density at radius 1 is 1.00 bits per heavy atom. The van der Waals surface area contributed by atoms with Gasteiger partial charge in [-0.1, -0.05) is 0 Å². The Labute approximate surface area is 97.8 Å². The lowest BCUT2D eigenvalue weighted by atomic mass is 10.5. The standard InChI is InChI=1S/C10H22O5Si/c1-16(2,3)15-9-8-14-7-6-13-5-4-10(11)12/h4-9H2,1-3H3,(H,11,12). The second-order valence-corrected chi connectivity index (χ2v) is 8.84. The zero-order chi connectivity index (χ0) is 12.4. The minimum Gasteiger partial charge on any atom is -0.481 e. The molecule has 96 valence electrons. The van der Waals surface area contributed by atoms with Crippen LogP contribution in [0.25, 0.3) is 0 Å². The van der Waals surface area contributed by atoms with Crippen LogP contribution in [-0.4, -0.2) is 52.4 Å². The number of carboxylic acid groups (broad SMARTS) is 1. The molecule has 0 atom stereocenters. The molecule has 0 heterocycles. The maximum absolute atomic E-state index is 10.1.